The zero-order valence-electron chi connectivity index (χ0n) is 16.2. The third-order valence-corrected chi connectivity index (χ3v) is 6.75. The van der Waals surface area contributed by atoms with E-state index in [-0.39, 0.29) is 27.6 Å². The predicted octanol–water partition coefficient (Wildman–Crippen LogP) is 4.13. The summed E-state index contributed by atoms with van der Waals surface area (Å²) in [5, 5.41) is 3.50. The van der Waals surface area contributed by atoms with Gasteiger partial charge in [-0.2, -0.15) is 0 Å². The molecule has 8 heteroatoms. The Bertz CT molecular complexity index is 1430. The van der Waals surface area contributed by atoms with Crippen molar-refractivity contribution in [3.8, 4) is 0 Å². The summed E-state index contributed by atoms with van der Waals surface area (Å²) in [6, 6.07) is 21.0. The predicted molar refractivity (Wildman–Crippen MR) is 120 cm³/mol. The van der Waals surface area contributed by atoms with Crippen molar-refractivity contribution in [1.82, 2.24) is 4.57 Å². The van der Waals surface area contributed by atoms with Crippen LogP contribution in [-0.4, -0.2) is 18.9 Å². The van der Waals surface area contributed by atoms with Gasteiger partial charge in [-0.1, -0.05) is 41.9 Å². The van der Waals surface area contributed by atoms with Gasteiger partial charge in [-0.3, -0.25) is 9.59 Å². The molecule has 0 radical (unpaired) electrons. The van der Waals surface area contributed by atoms with Gasteiger partial charge in [-0.15, -0.1) is 0 Å². The van der Waals surface area contributed by atoms with Crippen molar-refractivity contribution in [2.75, 3.05) is 5.32 Å². The maximum absolute atomic E-state index is 13.1. The van der Waals surface area contributed by atoms with Gasteiger partial charge in [0.15, 0.2) is 0 Å². The molecule has 0 atom stereocenters. The average molecular weight is 453 g/mol. The number of anilines is 1. The first-order valence-electron chi connectivity index (χ1n) is 9.34. The van der Waals surface area contributed by atoms with Gasteiger partial charge < -0.3 is 9.88 Å². The molecule has 0 saturated carbocycles. The molecule has 1 heterocycles. The lowest BCUT2D eigenvalue weighted by Gasteiger charge is -2.14. The van der Waals surface area contributed by atoms with Crippen LogP contribution in [-0.2, 0) is 21.2 Å². The highest BCUT2D eigenvalue weighted by Gasteiger charge is 2.24. The number of para-hydroxylation sites is 1. The van der Waals surface area contributed by atoms with Gasteiger partial charge in [0.05, 0.1) is 10.4 Å². The van der Waals surface area contributed by atoms with Crippen molar-refractivity contribution < 1.29 is 13.2 Å². The Kier molecular flexibility index (Phi) is 5.63. The van der Waals surface area contributed by atoms with Crippen molar-refractivity contribution in [1.29, 1.82) is 0 Å². The number of sulfone groups is 1. The van der Waals surface area contributed by atoms with E-state index in [0.717, 1.165) is 0 Å². The largest absolute Gasteiger partial charge is 0.336 e. The lowest BCUT2D eigenvalue weighted by atomic mass is 10.2. The number of hydrogen-bond donors (Lipinski definition) is 1. The molecule has 0 saturated heterocycles. The first-order valence-corrected chi connectivity index (χ1v) is 11.2. The summed E-state index contributed by atoms with van der Waals surface area (Å²) < 4.78 is 27.7. The van der Waals surface area contributed by atoms with E-state index in [1.807, 2.05) is 0 Å². The fourth-order valence-electron chi connectivity index (χ4n) is 3.26. The summed E-state index contributed by atoms with van der Waals surface area (Å²) in [7, 11) is -4.06. The molecule has 0 aliphatic carbocycles. The molecule has 1 amide bonds. The molecule has 4 rings (SSSR count). The van der Waals surface area contributed by atoms with E-state index in [1.165, 1.54) is 22.9 Å². The lowest BCUT2D eigenvalue weighted by molar-refractivity contribution is -0.116. The van der Waals surface area contributed by atoms with Crippen LogP contribution < -0.4 is 10.7 Å². The van der Waals surface area contributed by atoms with E-state index in [1.54, 1.807) is 66.7 Å². The fourth-order valence-corrected chi connectivity index (χ4v) is 4.77. The minimum Gasteiger partial charge on any atom is -0.336 e. The number of hydrogen-bond acceptors (Lipinski definition) is 4. The summed E-state index contributed by atoms with van der Waals surface area (Å²) in [5.74, 6) is -0.376. The van der Waals surface area contributed by atoms with Crippen LogP contribution in [0.1, 0.15) is 0 Å². The summed E-state index contributed by atoms with van der Waals surface area (Å²) >= 11 is 5.87. The van der Waals surface area contributed by atoms with Crippen molar-refractivity contribution >= 4 is 43.9 Å². The molecule has 0 bridgehead atoms. The molecular formula is C23H17ClN2O4S. The highest BCUT2D eigenvalue weighted by atomic mass is 35.5. The summed E-state index contributed by atoms with van der Waals surface area (Å²) in [4.78, 5) is 25.3. The first-order chi connectivity index (χ1) is 14.9. The summed E-state index contributed by atoms with van der Waals surface area (Å²) in [6.07, 6.45) is 1.23. The Hall–Kier alpha value is -3.42. The number of benzene rings is 3. The molecule has 6 nitrogen and oxygen atoms in total. The smallest absolute Gasteiger partial charge is 0.244 e. The number of carbonyl (C=O) groups excluding carboxylic acids is 1. The molecule has 3 aromatic carbocycles. The molecule has 1 N–H and O–H groups in total. The van der Waals surface area contributed by atoms with Crippen LogP contribution in [0, 0.1) is 0 Å². The minimum absolute atomic E-state index is 0.0135. The van der Waals surface area contributed by atoms with Crippen LogP contribution in [0.25, 0.3) is 10.9 Å². The number of pyridine rings is 1. The molecule has 0 unspecified atom stereocenters. The molecule has 1 aromatic heterocycles. The summed E-state index contributed by atoms with van der Waals surface area (Å²) in [5.41, 5.74) is 0.413. The summed E-state index contributed by atoms with van der Waals surface area (Å²) in [6.45, 7) is -0.180. The van der Waals surface area contributed by atoms with Crippen molar-refractivity contribution in [2.24, 2.45) is 0 Å². The molecule has 4 aromatic rings. The van der Waals surface area contributed by atoms with E-state index < -0.39 is 15.3 Å². The van der Waals surface area contributed by atoms with Crippen LogP contribution >= 0.6 is 11.6 Å². The SMILES string of the molecule is O=C(Cn1cc(S(=O)(=O)c2ccccc2)c(=O)c2ccccc21)Nc1ccc(Cl)cc1. The third-order valence-electron chi connectivity index (χ3n) is 4.74. The van der Waals surface area contributed by atoms with Gasteiger partial charge >= 0.3 is 0 Å². The highest BCUT2D eigenvalue weighted by Crippen LogP contribution is 2.21. The number of aromatic nitrogens is 1. The van der Waals surface area contributed by atoms with Gasteiger partial charge in [0, 0.05) is 22.3 Å². The van der Waals surface area contributed by atoms with Gasteiger partial charge in [-0.25, -0.2) is 8.42 Å². The number of carbonyl (C=O) groups is 1. The molecule has 31 heavy (non-hydrogen) atoms. The number of nitrogens with one attached hydrogen (secondary N) is 1. The Labute approximate surface area is 183 Å². The zero-order valence-corrected chi connectivity index (χ0v) is 17.7. The average Bonchev–Trinajstić information content (AvgIpc) is 2.78. The van der Waals surface area contributed by atoms with Gasteiger partial charge in [0.2, 0.25) is 21.2 Å². The van der Waals surface area contributed by atoms with Crippen LogP contribution in [0.2, 0.25) is 5.02 Å². The Balaban J connectivity index is 1.78. The Morgan fingerprint density at radius 2 is 1.55 bits per heavy atom. The Morgan fingerprint density at radius 3 is 2.26 bits per heavy atom. The number of nitrogens with zero attached hydrogens (tertiary/aromatic N) is 1. The Morgan fingerprint density at radius 1 is 0.903 bits per heavy atom. The van der Waals surface area contributed by atoms with Gasteiger partial charge in [0.1, 0.15) is 11.4 Å². The van der Waals surface area contributed by atoms with Crippen molar-refractivity contribution in [3.63, 3.8) is 0 Å². The quantitative estimate of drug-likeness (QED) is 0.493. The molecule has 0 fully saturated rings. The van der Waals surface area contributed by atoms with Crippen molar-refractivity contribution in [3.05, 3.63) is 100 Å². The third kappa shape index (κ3) is 4.23. The molecular weight excluding hydrogens is 436 g/mol. The second kappa shape index (κ2) is 8.37. The second-order valence-corrected chi connectivity index (χ2v) is 9.19. The molecule has 0 aliphatic heterocycles. The number of halogens is 1. The van der Waals surface area contributed by atoms with Crippen LogP contribution in [0.4, 0.5) is 5.69 Å². The van der Waals surface area contributed by atoms with Crippen LogP contribution in [0.3, 0.4) is 0 Å². The maximum Gasteiger partial charge on any atom is 0.244 e. The molecule has 156 valence electrons. The lowest BCUT2D eigenvalue weighted by Crippen LogP contribution is -2.23. The number of rotatable bonds is 5. The monoisotopic (exact) mass is 452 g/mol. The van der Waals surface area contributed by atoms with E-state index >= 15 is 0 Å². The van der Waals surface area contributed by atoms with Gasteiger partial charge in [0.25, 0.3) is 0 Å². The maximum atomic E-state index is 13.1. The minimum atomic E-state index is -4.06. The standard InChI is InChI=1S/C23H17ClN2O4S/c24-16-10-12-17(13-11-16)25-22(27)15-26-14-21(23(28)19-8-4-5-9-20(19)26)31(29,30)18-6-2-1-3-7-18/h1-14H,15H2,(H,25,27). The van der Waals surface area contributed by atoms with E-state index in [2.05, 4.69) is 5.32 Å². The number of fused-ring (bicyclic) bond motifs is 1. The second-order valence-electron chi connectivity index (χ2n) is 6.84. The normalized spacial score (nSPS) is 11.4. The highest BCUT2D eigenvalue weighted by molar-refractivity contribution is 7.91. The van der Waals surface area contributed by atoms with E-state index in [4.69, 9.17) is 11.6 Å². The topological polar surface area (TPSA) is 85.2 Å². The van der Waals surface area contributed by atoms with Crippen LogP contribution in [0.15, 0.2) is 99.6 Å². The molecule has 0 spiro atoms. The first kappa shape index (κ1) is 20.8. The van der Waals surface area contributed by atoms with E-state index in [9.17, 15) is 18.0 Å². The fraction of sp³-hybridized carbons (Fsp3) is 0.0435. The van der Waals surface area contributed by atoms with Gasteiger partial charge in [-0.05, 0) is 48.5 Å². The number of amides is 1. The van der Waals surface area contributed by atoms with E-state index in [0.29, 0.717) is 16.2 Å². The molecule has 0 aliphatic rings. The zero-order chi connectivity index (χ0) is 22.0. The van der Waals surface area contributed by atoms with Crippen molar-refractivity contribution in [2.45, 2.75) is 16.3 Å². The van der Waals surface area contributed by atoms with Crippen LogP contribution in [0.5, 0.6) is 0 Å².